The number of nitrogens with zero attached hydrogens (tertiary/aromatic N) is 1. The summed E-state index contributed by atoms with van der Waals surface area (Å²) < 4.78 is 0. The number of H-pyrrole nitrogens is 1. The van der Waals surface area contributed by atoms with Crippen molar-refractivity contribution in [3.63, 3.8) is 0 Å². The molecule has 0 radical (unpaired) electrons. The molecule has 110 valence electrons. The van der Waals surface area contributed by atoms with Crippen LogP contribution < -0.4 is 0 Å². The smallest absolute Gasteiger partial charge is 0.227 e. The van der Waals surface area contributed by atoms with Crippen LogP contribution in [0.25, 0.3) is 10.9 Å². The van der Waals surface area contributed by atoms with Crippen LogP contribution in [-0.4, -0.2) is 40.1 Å². The first kappa shape index (κ1) is 12.9. The quantitative estimate of drug-likeness (QED) is 0.776. The monoisotopic (exact) mass is 284 g/mol. The summed E-state index contributed by atoms with van der Waals surface area (Å²) in [6.45, 7) is 1.30. The Morgan fingerprint density at radius 1 is 1.24 bits per heavy atom. The fourth-order valence-corrected chi connectivity index (χ4v) is 3.87. The first-order valence-corrected chi connectivity index (χ1v) is 7.75. The second kappa shape index (κ2) is 4.88. The molecule has 0 saturated carbocycles. The molecule has 1 unspecified atom stereocenters. The average Bonchev–Trinajstić information content (AvgIpc) is 2.83. The summed E-state index contributed by atoms with van der Waals surface area (Å²) in [5.41, 5.74) is 3.47. The van der Waals surface area contributed by atoms with Crippen molar-refractivity contribution in [2.24, 2.45) is 5.92 Å². The van der Waals surface area contributed by atoms with Gasteiger partial charge in [0, 0.05) is 29.7 Å². The van der Waals surface area contributed by atoms with Gasteiger partial charge in [0.25, 0.3) is 0 Å². The molecule has 21 heavy (non-hydrogen) atoms. The van der Waals surface area contributed by atoms with E-state index in [4.69, 9.17) is 0 Å². The fourth-order valence-electron chi connectivity index (χ4n) is 3.87. The molecule has 3 heterocycles. The molecule has 1 saturated heterocycles. The van der Waals surface area contributed by atoms with Gasteiger partial charge < -0.3 is 15.0 Å². The fraction of sp³-hybridized carbons (Fsp3) is 0.471. The molecule has 1 amide bonds. The molecule has 2 N–H and O–H groups in total. The Hall–Kier alpha value is -1.81. The van der Waals surface area contributed by atoms with E-state index in [1.54, 1.807) is 0 Å². The summed E-state index contributed by atoms with van der Waals surface area (Å²) in [5, 5.41) is 11.1. The van der Waals surface area contributed by atoms with Crippen molar-refractivity contribution >= 4 is 16.8 Å². The number of fused-ring (bicyclic) bond motifs is 5. The van der Waals surface area contributed by atoms with Crippen molar-refractivity contribution in [1.82, 2.24) is 9.88 Å². The van der Waals surface area contributed by atoms with Gasteiger partial charge in [-0.25, -0.2) is 0 Å². The van der Waals surface area contributed by atoms with Gasteiger partial charge in [-0.2, -0.15) is 0 Å². The van der Waals surface area contributed by atoms with Gasteiger partial charge in [0.1, 0.15) is 0 Å². The van der Waals surface area contributed by atoms with Gasteiger partial charge in [-0.05, 0) is 36.8 Å². The zero-order chi connectivity index (χ0) is 14.4. The van der Waals surface area contributed by atoms with Crippen LogP contribution in [0.4, 0.5) is 0 Å². The number of aliphatic hydroxyl groups is 1. The second-order valence-corrected chi connectivity index (χ2v) is 6.40. The molecule has 0 spiro atoms. The third-order valence-electron chi connectivity index (χ3n) is 4.90. The van der Waals surface area contributed by atoms with E-state index < -0.39 is 0 Å². The molecule has 2 bridgehead atoms. The Balaban J connectivity index is 1.77. The minimum Gasteiger partial charge on any atom is -0.391 e. The summed E-state index contributed by atoms with van der Waals surface area (Å²) >= 11 is 0. The molecular formula is C17H20N2O2. The lowest BCUT2D eigenvalue weighted by atomic mass is 9.91. The number of hydrogen-bond donors (Lipinski definition) is 2. The van der Waals surface area contributed by atoms with Crippen LogP contribution >= 0.6 is 0 Å². The normalized spacial score (nSPS) is 26.1. The molecule has 4 nitrogen and oxygen atoms in total. The van der Waals surface area contributed by atoms with Gasteiger partial charge in [-0.1, -0.05) is 18.2 Å². The molecule has 2 aromatic rings. The lowest BCUT2D eigenvalue weighted by Gasteiger charge is -2.35. The number of nitrogens with one attached hydrogen (secondary N) is 1. The Morgan fingerprint density at radius 3 is 3.00 bits per heavy atom. The molecular weight excluding hydrogens is 264 g/mol. The molecule has 2 atom stereocenters. The van der Waals surface area contributed by atoms with E-state index in [1.807, 2.05) is 17.0 Å². The first-order valence-electron chi connectivity index (χ1n) is 7.75. The SMILES string of the molecule is O=C1Cc2c([nH]c3ccccc23)CC[C@@H]2CC(O)CN1C2. The predicted octanol–water partition coefficient (Wildman–Crippen LogP) is 1.87. The van der Waals surface area contributed by atoms with Crippen molar-refractivity contribution < 1.29 is 9.90 Å². The number of hydrogen-bond acceptors (Lipinski definition) is 2. The lowest BCUT2D eigenvalue weighted by Crippen LogP contribution is -2.46. The van der Waals surface area contributed by atoms with E-state index in [2.05, 4.69) is 17.1 Å². The third kappa shape index (κ3) is 2.23. The number of carbonyl (C=O) groups excluding carboxylic acids is 1. The molecule has 0 aliphatic carbocycles. The van der Waals surface area contributed by atoms with E-state index in [9.17, 15) is 9.90 Å². The number of para-hydroxylation sites is 1. The molecule has 1 fully saturated rings. The van der Waals surface area contributed by atoms with Crippen molar-refractivity contribution in [2.45, 2.75) is 31.8 Å². The summed E-state index contributed by atoms with van der Waals surface area (Å²) in [5.74, 6) is 0.557. The molecule has 2 aliphatic rings. The maximum absolute atomic E-state index is 12.6. The van der Waals surface area contributed by atoms with Gasteiger partial charge in [-0.3, -0.25) is 4.79 Å². The molecule has 1 aromatic heterocycles. The van der Waals surface area contributed by atoms with Crippen LogP contribution in [0, 0.1) is 5.92 Å². The summed E-state index contributed by atoms with van der Waals surface area (Å²) in [7, 11) is 0. The number of aromatic nitrogens is 1. The molecule has 1 aromatic carbocycles. The van der Waals surface area contributed by atoms with Crippen molar-refractivity contribution in [2.75, 3.05) is 13.1 Å². The standard InChI is InChI=1S/C17H20N2O2/c20-12-7-11-5-6-16-14(8-17(21)19(9-11)10-12)13-3-1-2-4-15(13)18-16/h1-4,11-12,18,20H,5-10H2/t11-,12?/m1/s1. The Bertz CT molecular complexity index is 691. The highest BCUT2D eigenvalue weighted by molar-refractivity contribution is 5.90. The van der Waals surface area contributed by atoms with Crippen LogP contribution in [0.1, 0.15) is 24.1 Å². The summed E-state index contributed by atoms with van der Waals surface area (Å²) in [6, 6.07) is 8.21. The maximum atomic E-state index is 12.6. The van der Waals surface area contributed by atoms with Crippen LogP contribution in [0.2, 0.25) is 0 Å². The van der Waals surface area contributed by atoms with Crippen LogP contribution in [0.15, 0.2) is 24.3 Å². The number of aromatic amines is 1. The number of benzene rings is 1. The van der Waals surface area contributed by atoms with Gasteiger partial charge in [-0.15, -0.1) is 0 Å². The topological polar surface area (TPSA) is 56.3 Å². The Labute approximate surface area is 123 Å². The van der Waals surface area contributed by atoms with Gasteiger partial charge in [0.2, 0.25) is 5.91 Å². The van der Waals surface area contributed by atoms with Crippen molar-refractivity contribution in [3.05, 3.63) is 35.5 Å². The van der Waals surface area contributed by atoms with E-state index in [-0.39, 0.29) is 12.0 Å². The van der Waals surface area contributed by atoms with E-state index in [0.717, 1.165) is 36.9 Å². The van der Waals surface area contributed by atoms with Crippen LogP contribution in [0.3, 0.4) is 0 Å². The lowest BCUT2D eigenvalue weighted by molar-refractivity contribution is -0.134. The molecule has 4 heteroatoms. The van der Waals surface area contributed by atoms with E-state index >= 15 is 0 Å². The first-order chi connectivity index (χ1) is 10.2. The van der Waals surface area contributed by atoms with Gasteiger partial charge >= 0.3 is 0 Å². The Kier molecular flexibility index (Phi) is 3.00. The maximum Gasteiger partial charge on any atom is 0.227 e. The van der Waals surface area contributed by atoms with E-state index in [0.29, 0.717) is 18.9 Å². The minimum absolute atomic E-state index is 0.145. The van der Waals surface area contributed by atoms with Crippen molar-refractivity contribution in [3.8, 4) is 0 Å². The van der Waals surface area contributed by atoms with Crippen LogP contribution in [0.5, 0.6) is 0 Å². The Morgan fingerprint density at radius 2 is 2.10 bits per heavy atom. The number of aliphatic hydroxyl groups excluding tert-OH is 1. The highest BCUT2D eigenvalue weighted by Gasteiger charge is 2.31. The number of piperidine rings is 1. The highest BCUT2D eigenvalue weighted by Crippen LogP contribution is 2.30. The zero-order valence-corrected chi connectivity index (χ0v) is 12.0. The number of amides is 1. The minimum atomic E-state index is -0.360. The van der Waals surface area contributed by atoms with Crippen molar-refractivity contribution in [1.29, 1.82) is 0 Å². The largest absolute Gasteiger partial charge is 0.391 e. The summed E-state index contributed by atoms with van der Waals surface area (Å²) in [4.78, 5) is 17.9. The predicted molar refractivity (Wildman–Crippen MR) is 81.0 cm³/mol. The average molecular weight is 284 g/mol. The highest BCUT2D eigenvalue weighted by atomic mass is 16.3. The number of aryl methyl sites for hydroxylation is 1. The summed E-state index contributed by atoms with van der Waals surface area (Å²) in [6.07, 6.45) is 2.89. The molecule has 4 rings (SSSR count). The zero-order valence-electron chi connectivity index (χ0n) is 12.0. The number of carbonyl (C=O) groups is 1. The second-order valence-electron chi connectivity index (χ2n) is 6.40. The molecule has 2 aliphatic heterocycles. The van der Waals surface area contributed by atoms with Gasteiger partial charge in [0.15, 0.2) is 0 Å². The number of rotatable bonds is 0. The van der Waals surface area contributed by atoms with Gasteiger partial charge in [0.05, 0.1) is 12.5 Å². The van der Waals surface area contributed by atoms with Crippen LogP contribution in [-0.2, 0) is 17.6 Å². The van der Waals surface area contributed by atoms with E-state index in [1.165, 1.54) is 11.1 Å². The third-order valence-corrected chi connectivity index (χ3v) is 4.90.